The van der Waals surface area contributed by atoms with E-state index in [0.29, 0.717) is 34.4 Å². The van der Waals surface area contributed by atoms with E-state index in [2.05, 4.69) is 9.97 Å². The van der Waals surface area contributed by atoms with Gasteiger partial charge in [-0.3, -0.25) is 4.79 Å². The number of piperidine rings is 1. The molecule has 0 saturated carbocycles. The second kappa shape index (κ2) is 7.01. The molecular weight excluding hydrogens is 351 g/mol. The highest BCUT2D eigenvalue weighted by Gasteiger charge is 2.29. The molecule has 0 spiro atoms. The molecule has 128 valence electrons. The van der Waals surface area contributed by atoms with Crippen molar-refractivity contribution in [2.75, 3.05) is 13.1 Å². The summed E-state index contributed by atoms with van der Waals surface area (Å²) in [6.45, 7) is 1.21. The molecular formula is C16H18Cl2N4O2. The Morgan fingerprint density at radius 2 is 2.00 bits per heavy atom. The number of H-pyrrole nitrogens is 1. The van der Waals surface area contributed by atoms with Crippen LogP contribution in [0.5, 0.6) is 5.75 Å². The first kappa shape index (κ1) is 17.1. The van der Waals surface area contributed by atoms with Gasteiger partial charge in [-0.15, -0.1) is 0 Å². The predicted octanol–water partition coefficient (Wildman–Crippen LogP) is 2.97. The monoisotopic (exact) mass is 368 g/mol. The Bertz CT molecular complexity index is 728. The summed E-state index contributed by atoms with van der Waals surface area (Å²) in [6, 6.07) is 2.67. The predicted molar refractivity (Wildman–Crippen MR) is 92.3 cm³/mol. The van der Waals surface area contributed by atoms with Crippen molar-refractivity contribution in [3.05, 3.63) is 46.0 Å². The van der Waals surface area contributed by atoms with Crippen molar-refractivity contribution in [1.82, 2.24) is 14.9 Å². The Labute approximate surface area is 149 Å². The van der Waals surface area contributed by atoms with Gasteiger partial charge >= 0.3 is 0 Å². The van der Waals surface area contributed by atoms with Crippen molar-refractivity contribution in [3.63, 3.8) is 0 Å². The number of nitrogens with one attached hydrogen (secondary N) is 1. The number of nitrogens with zero attached hydrogens (tertiary/aromatic N) is 2. The lowest BCUT2D eigenvalue weighted by molar-refractivity contribution is 0.0672. The lowest BCUT2D eigenvalue weighted by Crippen LogP contribution is -2.41. The van der Waals surface area contributed by atoms with Crippen molar-refractivity contribution >= 4 is 29.1 Å². The van der Waals surface area contributed by atoms with E-state index in [1.165, 1.54) is 12.4 Å². The zero-order valence-electron chi connectivity index (χ0n) is 12.9. The van der Waals surface area contributed by atoms with Gasteiger partial charge in [-0.25, -0.2) is 4.98 Å². The quantitative estimate of drug-likeness (QED) is 0.775. The average Bonchev–Trinajstić information content (AvgIpc) is 3.11. The van der Waals surface area contributed by atoms with Crippen LogP contribution in [0.1, 0.15) is 34.9 Å². The lowest BCUT2D eigenvalue weighted by Gasteiger charge is -2.34. The van der Waals surface area contributed by atoms with Crippen LogP contribution in [0.2, 0.25) is 10.0 Å². The summed E-state index contributed by atoms with van der Waals surface area (Å²) in [5.74, 6) is 0.115. The summed E-state index contributed by atoms with van der Waals surface area (Å²) in [7, 11) is 0. The molecule has 6 nitrogen and oxygen atoms in total. The number of aromatic nitrogens is 2. The van der Waals surface area contributed by atoms with Crippen LogP contribution in [0.15, 0.2) is 24.7 Å². The Balaban J connectivity index is 1.66. The maximum Gasteiger partial charge on any atom is 0.274 e. The summed E-state index contributed by atoms with van der Waals surface area (Å²) in [4.78, 5) is 20.8. The molecule has 4 N–H and O–H groups in total. The first-order valence-corrected chi connectivity index (χ1v) is 8.44. The maximum atomic E-state index is 12.3. The topological polar surface area (TPSA) is 95.2 Å². The van der Waals surface area contributed by atoms with Crippen LogP contribution in [0.3, 0.4) is 0 Å². The number of amides is 1. The number of nitrogens with two attached hydrogens (primary N) is 1. The number of carbonyl (C=O) groups excluding carboxylic acids is 1. The number of hydrogen-bond acceptors (Lipinski definition) is 4. The van der Waals surface area contributed by atoms with Gasteiger partial charge in [-0.05, 0) is 24.8 Å². The number of imidazole rings is 1. The lowest BCUT2D eigenvalue weighted by atomic mass is 9.85. The second-order valence-corrected chi connectivity index (χ2v) is 6.75. The summed E-state index contributed by atoms with van der Waals surface area (Å²) in [5, 5.41) is 10.7. The Morgan fingerprint density at radius 3 is 2.62 bits per heavy atom. The number of aromatic amines is 1. The number of phenols is 1. The molecule has 24 heavy (non-hydrogen) atoms. The number of hydrogen-bond donors (Lipinski definition) is 3. The molecule has 2 heterocycles. The minimum Gasteiger partial charge on any atom is -0.508 e. The van der Waals surface area contributed by atoms with E-state index in [4.69, 9.17) is 28.9 Å². The number of carbonyl (C=O) groups is 1. The van der Waals surface area contributed by atoms with Gasteiger partial charge in [0.1, 0.15) is 11.4 Å². The molecule has 1 aliphatic heterocycles. The fourth-order valence-corrected chi connectivity index (χ4v) is 3.40. The van der Waals surface area contributed by atoms with Gasteiger partial charge in [0.05, 0.1) is 16.4 Å². The third kappa shape index (κ3) is 3.36. The average molecular weight is 369 g/mol. The fraction of sp³-hybridized carbons (Fsp3) is 0.375. The third-order valence-corrected chi connectivity index (χ3v) is 5.20. The van der Waals surface area contributed by atoms with Crippen molar-refractivity contribution in [1.29, 1.82) is 0 Å². The number of benzene rings is 1. The van der Waals surface area contributed by atoms with Crippen LogP contribution in [0, 0.1) is 5.92 Å². The number of aromatic hydroxyl groups is 1. The van der Waals surface area contributed by atoms with E-state index in [9.17, 15) is 9.90 Å². The van der Waals surface area contributed by atoms with Crippen LogP contribution in [0.4, 0.5) is 0 Å². The zero-order valence-corrected chi connectivity index (χ0v) is 14.4. The number of rotatable bonds is 3. The van der Waals surface area contributed by atoms with Crippen molar-refractivity contribution in [2.45, 2.75) is 18.9 Å². The van der Waals surface area contributed by atoms with Gasteiger partial charge in [0, 0.05) is 37.0 Å². The Hall–Kier alpha value is -1.76. The number of likely N-dealkylation sites (tertiary alicyclic amines) is 1. The summed E-state index contributed by atoms with van der Waals surface area (Å²) in [5.41, 5.74) is 7.32. The van der Waals surface area contributed by atoms with Crippen molar-refractivity contribution in [3.8, 4) is 5.75 Å². The van der Waals surface area contributed by atoms with Gasteiger partial charge in [0.2, 0.25) is 0 Å². The van der Waals surface area contributed by atoms with Gasteiger partial charge in [-0.1, -0.05) is 23.2 Å². The molecule has 0 aliphatic carbocycles. The SMILES string of the molecule is N[C@@H](c1cc(Cl)c(Cl)cc1O)C1CCN(C(=O)c2c[nH]cn2)CC1. The maximum absolute atomic E-state index is 12.3. The largest absolute Gasteiger partial charge is 0.508 e. The van der Waals surface area contributed by atoms with Crippen LogP contribution in [-0.2, 0) is 0 Å². The normalized spacial score (nSPS) is 17.0. The van der Waals surface area contributed by atoms with Crippen LogP contribution in [0.25, 0.3) is 0 Å². The molecule has 1 atom stereocenters. The molecule has 1 aromatic heterocycles. The van der Waals surface area contributed by atoms with E-state index in [1.807, 2.05) is 0 Å². The highest BCUT2D eigenvalue weighted by atomic mass is 35.5. The molecule has 0 radical (unpaired) electrons. The van der Waals surface area contributed by atoms with Gasteiger partial charge in [-0.2, -0.15) is 0 Å². The first-order chi connectivity index (χ1) is 11.5. The van der Waals surface area contributed by atoms with E-state index >= 15 is 0 Å². The first-order valence-electron chi connectivity index (χ1n) is 7.69. The van der Waals surface area contributed by atoms with E-state index in [1.54, 1.807) is 17.2 Å². The molecule has 2 aromatic rings. The van der Waals surface area contributed by atoms with E-state index < -0.39 is 0 Å². The molecule has 3 rings (SSSR count). The molecule has 8 heteroatoms. The van der Waals surface area contributed by atoms with Gasteiger partial charge in [0.15, 0.2) is 0 Å². The minimum absolute atomic E-state index is 0.0481. The third-order valence-electron chi connectivity index (χ3n) is 4.48. The number of phenolic OH excluding ortho intramolecular Hbond substituents is 1. The van der Waals surface area contributed by atoms with Crippen molar-refractivity contribution in [2.24, 2.45) is 11.7 Å². The van der Waals surface area contributed by atoms with Gasteiger partial charge in [0.25, 0.3) is 5.91 Å². The molecule has 1 amide bonds. The number of halogens is 2. The summed E-state index contributed by atoms with van der Waals surface area (Å²) < 4.78 is 0. The van der Waals surface area contributed by atoms with Crippen LogP contribution < -0.4 is 5.73 Å². The molecule has 1 fully saturated rings. The molecule has 0 bridgehead atoms. The summed E-state index contributed by atoms with van der Waals surface area (Å²) >= 11 is 11.9. The standard InChI is InChI=1S/C16H18Cl2N4O2/c17-11-5-10(14(23)6-12(11)18)15(19)9-1-3-22(4-2-9)16(24)13-7-20-8-21-13/h5-9,15,23H,1-4,19H2,(H,20,21)/t15-/m1/s1. The second-order valence-electron chi connectivity index (χ2n) is 5.93. The van der Waals surface area contributed by atoms with Crippen LogP contribution in [-0.4, -0.2) is 39.0 Å². The highest BCUT2D eigenvalue weighted by Crippen LogP contribution is 2.37. The fourth-order valence-electron chi connectivity index (χ4n) is 3.07. The smallest absolute Gasteiger partial charge is 0.274 e. The molecule has 1 saturated heterocycles. The minimum atomic E-state index is -0.359. The zero-order chi connectivity index (χ0) is 17.3. The van der Waals surface area contributed by atoms with Crippen molar-refractivity contribution < 1.29 is 9.90 Å². The summed E-state index contributed by atoms with van der Waals surface area (Å²) in [6.07, 6.45) is 4.57. The molecule has 0 unspecified atom stereocenters. The van der Waals surface area contributed by atoms with Crippen LogP contribution >= 0.6 is 23.2 Å². The highest BCUT2D eigenvalue weighted by molar-refractivity contribution is 6.42. The Kier molecular flexibility index (Phi) is 4.99. The Morgan fingerprint density at radius 1 is 1.33 bits per heavy atom. The molecule has 1 aliphatic rings. The van der Waals surface area contributed by atoms with Gasteiger partial charge < -0.3 is 20.7 Å². The van der Waals surface area contributed by atoms with E-state index in [0.717, 1.165) is 12.8 Å². The molecule has 1 aromatic carbocycles. The van der Waals surface area contributed by atoms with E-state index in [-0.39, 0.29) is 23.6 Å².